The Balaban J connectivity index is 2.24. The van der Waals surface area contributed by atoms with Crippen molar-refractivity contribution in [1.29, 1.82) is 0 Å². The van der Waals surface area contributed by atoms with E-state index in [-0.39, 0.29) is 18.6 Å². The number of rotatable bonds is 4. The molecular weight excluding hydrogens is 166 g/mol. The Morgan fingerprint density at radius 3 is 2.77 bits per heavy atom. The molecule has 2 unspecified atom stereocenters. The maximum Gasteiger partial charge on any atom is 0.0717 e. The van der Waals surface area contributed by atoms with Crippen LogP contribution in [0.3, 0.4) is 0 Å². The monoisotopic (exact) mass is 187 g/mol. The molecule has 1 aliphatic rings. The van der Waals surface area contributed by atoms with Crippen LogP contribution in [0.5, 0.6) is 0 Å². The Hall–Kier alpha value is -0.120. The molecule has 0 aromatic rings. The largest absolute Gasteiger partial charge is 0.396 e. The van der Waals surface area contributed by atoms with Gasteiger partial charge in [0.1, 0.15) is 0 Å². The zero-order valence-electron chi connectivity index (χ0n) is 8.45. The van der Waals surface area contributed by atoms with Crippen molar-refractivity contribution in [3.05, 3.63) is 0 Å². The molecule has 2 N–H and O–H groups in total. The van der Waals surface area contributed by atoms with E-state index in [1.54, 1.807) is 0 Å². The lowest BCUT2D eigenvalue weighted by Gasteiger charge is -2.34. The average Bonchev–Trinajstić information content (AvgIpc) is 2.15. The summed E-state index contributed by atoms with van der Waals surface area (Å²) in [6, 6.07) is 0. The molecule has 78 valence electrons. The van der Waals surface area contributed by atoms with Crippen LogP contribution < -0.4 is 0 Å². The number of aliphatic hydroxyl groups is 2. The maximum absolute atomic E-state index is 9.64. The van der Waals surface area contributed by atoms with Crippen LogP contribution in [0.15, 0.2) is 0 Å². The molecule has 1 saturated heterocycles. The van der Waals surface area contributed by atoms with Crippen LogP contribution in [0.4, 0.5) is 0 Å². The van der Waals surface area contributed by atoms with E-state index in [1.165, 1.54) is 12.8 Å². The van der Waals surface area contributed by atoms with Gasteiger partial charge in [-0.15, -0.1) is 0 Å². The third kappa shape index (κ3) is 3.25. The number of β-amino-alcohol motifs (C(OH)–C–C–N with tert-alkyl or cyclic N) is 1. The van der Waals surface area contributed by atoms with Gasteiger partial charge in [-0.1, -0.05) is 13.3 Å². The van der Waals surface area contributed by atoms with Crippen molar-refractivity contribution in [3.63, 3.8) is 0 Å². The summed E-state index contributed by atoms with van der Waals surface area (Å²) in [6.07, 6.45) is 3.02. The number of hydrogen-bond donors (Lipinski definition) is 2. The Morgan fingerprint density at radius 1 is 1.46 bits per heavy atom. The second-order valence-corrected chi connectivity index (χ2v) is 3.95. The summed E-state index contributed by atoms with van der Waals surface area (Å²) in [6.45, 7) is 5.17. The Kier molecular flexibility index (Phi) is 4.70. The van der Waals surface area contributed by atoms with Crippen molar-refractivity contribution >= 4 is 0 Å². The Morgan fingerprint density at radius 2 is 2.23 bits per heavy atom. The number of unbranched alkanes of at least 4 members (excludes halogenated alkanes) is 1. The van der Waals surface area contributed by atoms with Crippen molar-refractivity contribution in [2.24, 2.45) is 5.92 Å². The molecule has 0 radical (unpaired) electrons. The highest BCUT2D eigenvalue weighted by Crippen LogP contribution is 2.17. The van der Waals surface area contributed by atoms with Gasteiger partial charge in [-0.2, -0.15) is 0 Å². The summed E-state index contributed by atoms with van der Waals surface area (Å²) in [5.41, 5.74) is 0. The van der Waals surface area contributed by atoms with Crippen molar-refractivity contribution in [1.82, 2.24) is 4.90 Å². The van der Waals surface area contributed by atoms with E-state index >= 15 is 0 Å². The van der Waals surface area contributed by atoms with Crippen LogP contribution in [0.2, 0.25) is 0 Å². The average molecular weight is 187 g/mol. The minimum Gasteiger partial charge on any atom is -0.396 e. The fraction of sp³-hybridized carbons (Fsp3) is 1.00. The highest BCUT2D eigenvalue weighted by atomic mass is 16.3. The number of hydrogen-bond acceptors (Lipinski definition) is 3. The smallest absolute Gasteiger partial charge is 0.0717 e. The molecule has 0 aromatic heterocycles. The molecule has 1 aliphatic heterocycles. The molecule has 13 heavy (non-hydrogen) atoms. The summed E-state index contributed by atoms with van der Waals surface area (Å²) < 4.78 is 0. The minimum atomic E-state index is -0.324. The molecule has 0 bridgehead atoms. The standard InChI is InChI=1S/C10H21NO2/c1-2-3-5-11-6-4-9(8-12)10(13)7-11/h9-10,12-13H,2-8H2,1H3. The lowest BCUT2D eigenvalue weighted by molar-refractivity contribution is -0.00208. The molecular formula is C10H21NO2. The molecule has 0 aromatic carbocycles. The van der Waals surface area contributed by atoms with Gasteiger partial charge in [0, 0.05) is 19.1 Å². The van der Waals surface area contributed by atoms with Crippen LogP contribution in [-0.2, 0) is 0 Å². The van der Waals surface area contributed by atoms with E-state index in [9.17, 15) is 5.11 Å². The summed E-state index contributed by atoms with van der Waals surface area (Å²) in [5.74, 6) is 0.109. The Labute approximate surface area is 80.4 Å². The fourth-order valence-corrected chi connectivity index (χ4v) is 1.84. The van der Waals surface area contributed by atoms with Gasteiger partial charge in [-0.05, 0) is 25.9 Å². The maximum atomic E-state index is 9.64. The molecule has 1 fully saturated rings. The van der Waals surface area contributed by atoms with Gasteiger partial charge < -0.3 is 15.1 Å². The topological polar surface area (TPSA) is 43.7 Å². The summed E-state index contributed by atoms with van der Waals surface area (Å²) >= 11 is 0. The molecule has 0 amide bonds. The van der Waals surface area contributed by atoms with Crippen molar-refractivity contribution in [2.45, 2.75) is 32.3 Å². The van der Waals surface area contributed by atoms with Crippen molar-refractivity contribution < 1.29 is 10.2 Å². The normalized spacial score (nSPS) is 30.7. The predicted molar refractivity (Wildman–Crippen MR) is 52.5 cm³/mol. The van der Waals surface area contributed by atoms with Crippen molar-refractivity contribution in [2.75, 3.05) is 26.2 Å². The first-order valence-electron chi connectivity index (χ1n) is 5.29. The van der Waals surface area contributed by atoms with Crippen LogP contribution in [0.25, 0.3) is 0 Å². The van der Waals surface area contributed by atoms with Crippen LogP contribution in [-0.4, -0.2) is 47.5 Å². The highest BCUT2D eigenvalue weighted by Gasteiger charge is 2.26. The first kappa shape index (κ1) is 11.0. The van der Waals surface area contributed by atoms with Crippen LogP contribution >= 0.6 is 0 Å². The van der Waals surface area contributed by atoms with Gasteiger partial charge in [-0.25, -0.2) is 0 Å². The van der Waals surface area contributed by atoms with Crippen LogP contribution in [0, 0.1) is 5.92 Å². The number of piperidine rings is 1. The quantitative estimate of drug-likeness (QED) is 0.672. The van der Waals surface area contributed by atoms with Gasteiger partial charge in [-0.3, -0.25) is 0 Å². The third-order valence-corrected chi connectivity index (χ3v) is 2.87. The summed E-state index contributed by atoms with van der Waals surface area (Å²) in [7, 11) is 0. The van der Waals surface area contributed by atoms with E-state index < -0.39 is 0 Å². The summed E-state index contributed by atoms with van der Waals surface area (Å²) in [4.78, 5) is 2.29. The number of likely N-dealkylation sites (tertiary alicyclic amines) is 1. The second kappa shape index (κ2) is 5.58. The SMILES string of the molecule is CCCCN1CCC(CO)C(O)C1. The van der Waals surface area contributed by atoms with Gasteiger partial charge >= 0.3 is 0 Å². The van der Waals surface area contributed by atoms with E-state index in [2.05, 4.69) is 11.8 Å². The van der Waals surface area contributed by atoms with Gasteiger partial charge in [0.2, 0.25) is 0 Å². The van der Waals surface area contributed by atoms with Gasteiger partial charge in [0.25, 0.3) is 0 Å². The minimum absolute atomic E-state index is 0.109. The molecule has 0 aliphatic carbocycles. The van der Waals surface area contributed by atoms with E-state index in [0.717, 1.165) is 26.1 Å². The zero-order chi connectivity index (χ0) is 9.68. The van der Waals surface area contributed by atoms with E-state index in [0.29, 0.717) is 0 Å². The number of aliphatic hydroxyl groups excluding tert-OH is 2. The van der Waals surface area contributed by atoms with Crippen molar-refractivity contribution in [3.8, 4) is 0 Å². The molecule has 2 atom stereocenters. The first-order valence-corrected chi connectivity index (χ1v) is 5.29. The van der Waals surface area contributed by atoms with E-state index in [1.807, 2.05) is 0 Å². The highest BCUT2D eigenvalue weighted by molar-refractivity contribution is 4.79. The molecule has 3 nitrogen and oxygen atoms in total. The molecule has 1 heterocycles. The lowest BCUT2D eigenvalue weighted by atomic mass is 9.95. The lowest BCUT2D eigenvalue weighted by Crippen LogP contribution is -2.45. The van der Waals surface area contributed by atoms with Crippen LogP contribution in [0.1, 0.15) is 26.2 Å². The first-order chi connectivity index (χ1) is 6.27. The molecule has 3 heteroatoms. The zero-order valence-corrected chi connectivity index (χ0v) is 8.45. The molecule has 1 rings (SSSR count). The van der Waals surface area contributed by atoms with Gasteiger partial charge in [0.05, 0.1) is 6.10 Å². The predicted octanol–water partition coefficient (Wildman–Crippen LogP) is 0.462. The Bertz CT molecular complexity index is 141. The molecule has 0 saturated carbocycles. The third-order valence-electron chi connectivity index (χ3n) is 2.87. The number of nitrogens with zero attached hydrogens (tertiary/aromatic N) is 1. The summed E-state index contributed by atoms with van der Waals surface area (Å²) in [5, 5.41) is 18.6. The molecule has 0 spiro atoms. The fourth-order valence-electron chi connectivity index (χ4n) is 1.84. The second-order valence-electron chi connectivity index (χ2n) is 3.95. The van der Waals surface area contributed by atoms with Gasteiger partial charge in [0.15, 0.2) is 0 Å². The van der Waals surface area contributed by atoms with E-state index in [4.69, 9.17) is 5.11 Å².